The fraction of sp³-hybridized carbons (Fsp3) is 0.375. The molecule has 2 spiro atoms. The third-order valence-corrected chi connectivity index (χ3v) is 15.2. The number of rotatable bonds is 4. The van der Waals surface area contributed by atoms with Crippen molar-refractivity contribution in [2.45, 2.75) is 82.5 Å². The van der Waals surface area contributed by atoms with E-state index in [2.05, 4.69) is 148 Å². The first kappa shape index (κ1) is 28.7. The monoisotopic (exact) mass is 637 g/mol. The zero-order chi connectivity index (χ0) is 32.9. The maximum atomic E-state index is 2.55. The van der Waals surface area contributed by atoms with E-state index in [1.54, 1.807) is 16.7 Å². The minimum absolute atomic E-state index is 0.156. The van der Waals surface area contributed by atoms with E-state index < -0.39 is 0 Å². The van der Waals surface area contributed by atoms with Gasteiger partial charge < -0.3 is 4.90 Å². The Morgan fingerprint density at radius 3 is 2.02 bits per heavy atom. The summed E-state index contributed by atoms with van der Waals surface area (Å²) in [6.45, 7) is 9.74. The van der Waals surface area contributed by atoms with Crippen molar-refractivity contribution in [3.8, 4) is 22.3 Å². The van der Waals surface area contributed by atoms with Crippen LogP contribution in [0.5, 0.6) is 0 Å². The van der Waals surface area contributed by atoms with Crippen LogP contribution in [-0.4, -0.2) is 0 Å². The highest BCUT2D eigenvalue weighted by Crippen LogP contribution is 2.89. The zero-order valence-corrected chi connectivity index (χ0v) is 29.5. The van der Waals surface area contributed by atoms with Gasteiger partial charge in [0.15, 0.2) is 0 Å². The second-order valence-electron chi connectivity index (χ2n) is 18.0. The fourth-order valence-corrected chi connectivity index (χ4v) is 13.3. The molecule has 11 rings (SSSR count). The standard InChI is InChI=1S/C48H47N/c1-45(2)24-25-46(3,4)44-35(15-10-18-39(44)45)31-20-22-34(23-21-31)49(33-12-6-5-7-13-33)40-19-11-17-38-43(40)36-14-8-9-16-37(36)48(38)41-27-30-26-32-28-42(48)47(32,41)29-30/h5-23,30,32,41-42H,24-29H2,1-4H3. The van der Waals surface area contributed by atoms with E-state index in [9.17, 15) is 0 Å². The largest absolute Gasteiger partial charge is 0.310 e. The SMILES string of the molecule is CC1(C)CCC(C)(C)c2c(-c3ccc(N(c4ccccc4)c4cccc5c4-c4ccccc4C54C5CC6CC7CC4C75C6)cc3)cccc21. The maximum absolute atomic E-state index is 2.55. The highest BCUT2D eigenvalue weighted by molar-refractivity contribution is 5.96. The number of fused-ring (bicyclic) bond motifs is 9. The van der Waals surface area contributed by atoms with Crippen molar-refractivity contribution in [2.24, 2.45) is 29.1 Å². The van der Waals surface area contributed by atoms with Gasteiger partial charge in [0.1, 0.15) is 0 Å². The van der Waals surface area contributed by atoms with Crippen molar-refractivity contribution in [1.29, 1.82) is 0 Å². The lowest BCUT2D eigenvalue weighted by molar-refractivity contribution is -0.231. The molecule has 1 nitrogen and oxygen atoms in total. The summed E-state index contributed by atoms with van der Waals surface area (Å²) in [6.07, 6.45) is 8.34. The Morgan fingerprint density at radius 2 is 1.20 bits per heavy atom. The highest BCUT2D eigenvalue weighted by Gasteiger charge is 2.84. The van der Waals surface area contributed by atoms with E-state index in [1.807, 2.05) is 0 Å². The molecule has 2 bridgehead atoms. The Balaban J connectivity index is 1.07. The number of hydrogen-bond donors (Lipinski definition) is 0. The molecule has 0 amide bonds. The van der Waals surface area contributed by atoms with Crippen molar-refractivity contribution >= 4 is 17.1 Å². The van der Waals surface area contributed by atoms with Gasteiger partial charge in [-0.05, 0) is 148 Å². The Morgan fingerprint density at radius 1 is 0.551 bits per heavy atom. The van der Waals surface area contributed by atoms with E-state index >= 15 is 0 Å². The predicted octanol–water partition coefficient (Wildman–Crippen LogP) is 12.5. The van der Waals surface area contributed by atoms with Gasteiger partial charge in [0.25, 0.3) is 0 Å². The Kier molecular flexibility index (Phi) is 5.49. The van der Waals surface area contributed by atoms with Crippen molar-refractivity contribution in [2.75, 3.05) is 4.90 Å². The lowest BCUT2D eigenvalue weighted by Crippen LogP contribution is -2.73. The molecule has 0 aliphatic heterocycles. The van der Waals surface area contributed by atoms with Crippen LogP contribution in [0.25, 0.3) is 22.3 Å². The fourth-order valence-electron chi connectivity index (χ4n) is 13.3. The van der Waals surface area contributed by atoms with Gasteiger partial charge in [-0.2, -0.15) is 0 Å². The summed E-state index contributed by atoms with van der Waals surface area (Å²) >= 11 is 0. The first-order valence-corrected chi connectivity index (χ1v) is 19.1. The summed E-state index contributed by atoms with van der Waals surface area (Å²) in [4.78, 5) is 2.55. The average Bonchev–Trinajstić information content (AvgIpc) is 3.75. The Labute approximate surface area is 292 Å². The Bertz CT molecular complexity index is 2170. The summed E-state index contributed by atoms with van der Waals surface area (Å²) < 4.78 is 0. The molecule has 49 heavy (non-hydrogen) atoms. The van der Waals surface area contributed by atoms with Gasteiger partial charge in [-0.3, -0.25) is 0 Å². The van der Waals surface area contributed by atoms with Crippen LogP contribution in [0, 0.1) is 29.1 Å². The lowest BCUT2D eigenvalue weighted by Gasteiger charge is -2.76. The van der Waals surface area contributed by atoms with Crippen LogP contribution in [0.2, 0.25) is 0 Å². The van der Waals surface area contributed by atoms with Gasteiger partial charge in [-0.1, -0.05) is 113 Å². The molecule has 0 saturated heterocycles. The molecule has 0 aromatic heterocycles. The summed E-state index contributed by atoms with van der Waals surface area (Å²) in [5, 5.41) is 0. The minimum atomic E-state index is 0.156. The summed E-state index contributed by atoms with van der Waals surface area (Å²) in [7, 11) is 0. The lowest BCUT2D eigenvalue weighted by atomic mass is 9.27. The van der Waals surface area contributed by atoms with Gasteiger partial charge in [-0.15, -0.1) is 0 Å². The molecule has 6 aliphatic carbocycles. The van der Waals surface area contributed by atoms with Crippen LogP contribution in [0.15, 0.2) is 115 Å². The first-order chi connectivity index (χ1) is 23.7. The molecule has 6 unspecified atom stereocenters. The van der Waals surface area contributed by atoms with Gasteiger partial charge >= 0.3 is 0 Å². The molecular weight excluding hydrogens is 591 g/mol. The van der Waals surface area contributed by atoms with Crippen LogP contribution in [0.1, 0.15) is 88.5 Å². The van der Waals surface area contributed by atoms with Crippen LogP contribution in [0.3, 0.4) is 0 Å². The summed E-state index contributed by atoms with van der Waals surface area (Å²) in [6, 6.07) is 44.5. The number of benzene rings is 5. The van der Waals surface area contributed by atoms with Gasteiger partial charge in [0, 0.05) is 22.4 Å². The van der Waals surface area contributed by atoms with Gasteiger partial charge in [-0.25, -0.2) is 0 Å². The predicted molar refractivity (Wildman–Crippen MR) is 203 cm³/mol. The Hall–Kier alpha value is -4.10. The quantitative estimate of drug-likeness (QED) is 0.189. The summed E-state index contributed by atoms with van der Waals surface area (Å²) in [5.41, 5.74) is 16.9. The number of para-hydroxylation sites is 1. The van der Waals surface area contributed by atoms with Crippen molar-refractivity contribution in [3.05, 3.63) is 138 Å². The number of hydrogen-bond acceptors (Lipinski definition) is 1. The second-order valence-corrected chi connectivity index (χ2v) is 18.0. The molecule has 4 saturated carbocycles. The van der Waals surface area contributed by atoms with Crippen LogP contribution in [0.4, 0.5) is 17.1 Å². The van der Waals surface area contributed by atoms with Gasteiger partial charge in [0.05, 0.1) is 5.69 Å². The van der Waals surface area contributed by atoms with E-state index in [-0.39, 0.29) is 16.2 Å². The molecule has 6 atom stereocenters. The van der Waals surface area contributed by atoms with Crippen LogP contribution < -0.4 is 4.90 Å². The minimum Gasteiger partial charge on any atom is -0.310 e. The number of nitrogens with zero attached hydrogens (tertiary/aromatic N) is 1. The second kappa shape index (κ2) is 9.36. The van der Waals surface area contributed by atoms with Gasteiger partial charge in [0.2, 0.25) is 0 Å². The third-order valence-electron chi connectivity index (χ3n) is 15.2. The zero-order valence-electron chi connectivity index (χ0n) is 29.5. The molecule has 244 valence electrons. The molecule has 0 radical (unpaired) electrons. The van der Waals surface area contributed by atoms with Crippen molar-refractivity contribution in [1.82, 2.24) is 0 Å². The van der Waals surface area contributed by atoms with E-state index in [0.717, 1.165) is 23.7 Å². The van der Waals surface area contributed by atoms with Crippen LogP contribution >= 0.6 is 0 Å². The maximum Gasteiger partial charge on any atom is 0.0543 e. The molecule has 1 heteroatoms. The molecule has 5 aromatic rings. The molecule has 5 aromatic carbocycles. The first-order valence-electron chi connectivity index (χ1n) is 19.1. The molecule has 4 fully saturated rings. The normalized spacial score (nSPS) is 31.3. The number of anilines is 3. The van der Waals surface area contributed by atoms with Crippen molar-refractivity contribution in [3.63, 3.8) is 0 Å². The van der Waals surface area contributed by atoms with E-state index in [4.69, 9.17) is 0 Å². The topological polar surface area (TPSA) is 3.24 Å². The third kappa shape index (κ3) is 3.38. The van der Waals surface area contributed by atoms with Crippen LogP contribution in [-0.2, 0) is 16.2 Å². The molecule has 6 aliphatic rings. The summed E-state index contributed by atoms with van der Waals surface area (Å²) in [5.74, 6) is 3.59. The molecule has 0 N–H and O–H groups in total. The highest BCUT2D eigenvalue weighted by atomic mass is 15.1. The smallest absolute Gasteiger partial charge is 0.0543 e. The van der Waals surface area contributed by atoms with E-state index in [0.29, 0.717) is 5.41 Å². The molecule has 0 heterocycles. The average molecular weight is 638 g/mol. The van der Waals surface area contributed by atoms with E-state index in [1.165, 1.54) is 83.4 Å². The van der Waals surface area contributed by atoms with Crippen molar-refractivity contribution < 1.29 is 0 Å². The molecular formula is C48H47N.